The number of hydrogen-bond acceptors (Lipinski definition) is 5. The van der Waals surface area contributed by atoms with Crippen LogP contribution in [0.25, 0.3) is 11.3 Å². The highest BCUT2D eigenvalue weighted by Gasteiger charge is 2.30. The molecule has 0 aromatic carbocycles. The molecule has 3 heterocycles. The van der Waals surface area contributed by atoms with E-state index in [1.807, 2.05) is 17.5 Å². The van der Waals surface area contributed by atoms with Crippen LogP contribution in [-0.4, -0.2) is 11.1 Å². The summed E-state index contributed by atoms with van der Waals surface area (Å²) in [4.78, 5) is 15.3. The number of carbonyl (C=O) groups excluding carboxylic acids is 1. The summed E-state index contributed by atoms with van der Waals surface area (Å²) in [5.41, 5.74) is 2.46. The van der Waals surface area contributed by atoms with Gasteiger partial charge in [-0.1, -0.05) is 25.1 Å². The zero-order valence-electron chi connectivity index (χ0n) is 13.5. The topological polar surface area (TPSA) is 55.1 Å². The van der Waals surface area contributed by atoms with Gasteiger partial charge in [0.2, 0.25) is 0 Å². The highest BCUT2D eigenvalue weighted by Crippen LogP contribution is 2.38. The molecule has 0 aliphatic heterocycles. The predicted molar refractivity (Wildman–Crippen MR) is 96.6 cm³/mol. The molecule has 4 rings (SSSR count). The lowest BCUT2D eigenvalue weighted by atomic mass is 9.95. The molecular weight excluding hydrogens is 340 g/mol. The minimum atomic E-state index is -0.147. The molecule has 3 aromatic heterocycles. The Morgan fingerprint density at radius 1 is 1.25 bits per heavy atom. The fourth-order valence-electron chi connectivity index (χ4n) is 3.15. The van der Waals surface area contributed by atoms with Gasteiger partial charge in [-0.15, -0.1) is 22.7 Å². The minimum absolute atomic E-state index is 0.00912. The summed E-state index contributed by atoms with van der Waals surface area (Å²) in [6, 6.07) is 6.11. The Morgan fingerprint density at radius 3 is 2.88 bits per heavy atom. The number of fused-ring (bicyclic) bond motifs is 3. The third kappa shape index (κ3) is 2.59. The molecule has 0 spiro atoms. The molecule has 0 fully saturated rings. The van der Waals surface area contributed by atoms with E-state index in [1.54, 1.807) is 22.7 Å². The van der Waals surface area contributed by atoms with Crippen LogP contribution in [0.2, 0.25) is 0 Å². The Hall–Kier alpha value is -1.92. The average molecular weight is 358 g/mol. The lowest BCUT2D eigenvalue weighted by Crippen LogP contribution is -2.32. The first-order valence-corrected chi connectivity index (χ1v) is 9.80. The standard InChI is InChI=1S/C18H18N2O2S2/c1-10(2)15(14-4-3-8-23-14)19-18(21)16-12-5-6-13-11(7-9-24-13)17(12)22-20-16/h3-4,7-10,15H,5-6H2,1-2H3,(H,19,21). The van der Waals surface area contributed by atoms with Crippen molar-refractivity contribution < 1.29 is 9.32 Å². The van der Waals surface area contributed by atoms with Gasteiger partial charge in [0, 0.05) is 20.9 Å². The van der Waals surface area contributed by atoms with E-state index in [4.69, 9.17) is 4.52 Å². The number of hydrogen-bond donors (Lipinski definition) is 1. The largest absolute Gasteiger partial charge is 0.355 e. The average Bonchev–Trinajstić information content (AvgIpc) is 3.29. The number of aromatic nitrogens is 1. The van der Waals surface area contributed by atoms with Crippen molar-refractivity contribution in [1.29, 1.82) is 0 Å². The highest BCUT2D eigenvalue weighted by molar-refractivity contribution is 7.10. The van der Waals surface area contributed by atoms with Crippen LogP contribution in [0, 0.1) is 5.92 Å². The van der Waals surface area contributed by atoms with Gasteiger partial charge in [0.15, 0.2) is 11.5 Å². The smallest absolute Gasteiger partial charge is 0.274 e. The van der Waals surface area contributed by atoms with Crippen LogP contribution in [0.4, 0.5) is 0 Å². The number of thiophene rings is 2. The maximum atomic E-state index is 12.8. The molecule has 4 nitrogen and oxygen atoms in total. The van der Waals surface area contributed by atoms with Crippen molar-refractivity contribution in [2.24, 2.45) is 5.92 Å². The number of nitrogens with zero attached hydrogens (tertiary/aromatic N) is 1. The minimum Gasteiger partial charge on any atom is -0.355 e. The molecule has 6 heteroatoms. The normalized spacial score (nSPS) is 14.3. The second kappa shape index (κ2) is 6.18. The third-order valence-electron chi connectivity index (χ3n) is 4.40. The number of carbonyl (C=O) groups is 1. The van der Waals surface area contributed by atoms with Crippen LogP contribution < -0.4 is 5.32 Å². The Kier molecular flexibility index (Phi) is 4.02. The van der Waals surface area contributed by atoms with E-state index >= 15 is 0 Å². The SMILES string of the molecule is CC(C)C(NC(=O)c1noc2c1CCc1sccc1-2)c1cccs1. The Balaban J connectivity index is 1.62. The summed E-state index contributed by atoms with van der Waals surface area (Å²) in [5, 5.41) is 11.3. The number of rotatable bonds is 4. The van der Waals surface area contributed by atoms with Crippen molar-refractivity contribution in [2.45, 2.75) is 32.7 Å². The van der Waals surface area contributed by atoms with Gasteiger partial charge in [-0.2, -0.15) is 0 Å². The van der Waals surface area contributed by atoms with E-state index in [2.05, 4.69) is 35.8 Å². The van der Waals surface area contributed by atoms with Crippen molar-refractivity contribution in [3.63, 3.8) is 0 Å². The maximum Gasteiger partial charge on any atom is 0.274 e. The van der Waals surface area contributed by atoms with E-state index in [1.165, 1.54) is 4.88 Å². The first-order chi connectivity index (χ1) is 11.6. The van der Waals surface area contributed by atoms with E-state index in [-0.39, 0.29) is 11.9 Å². The summed E-state index contributed by atoms with van der Waals surface area (Å²) >= 11 is 3.39. The fourth-order valence-corrected chi connectivity index (χ4v) is 4.98. The summed E-state index contributed by atoms with van der Waals surface area (Å²) in [5.74, 6) is 0.921. The van der Waals surface area contributed by atoms with Crippen LogP contribution in [-0.2, 0) is 12.8 Å². The molecular formula is C18H18N2O2S2. The van der Waals surface area contributed by atoms with Crippen molar-refractivity contribution >= 4 is 28.6 Å². The Morgan fingerprint density at radius 2 is 2.12 bits per heavy atom. The molecule has 1 aliphatic rings. The molecule has 0 saturated heterocycles. The zero-order valence-corrected chi connectivity index (χ0v) is 15.2. The predicted octanol–water partition coefficient (Wildman–Crippen LogP) is 4.69. The van der Waals surface area contributed by atoms with Crippen molar-refractivity contribution in [3.8, 4) is 11.3 Å². The lowest BCUT2D eigenvalue weighted by molar-refractivity contribution is 0.0916. The molecule has 124 valence electrons. The summed E-state index contributed by atoms with van der Waals surface area (Å²) in [7, 11) is 0. The molecule has 1 N–H and O–H groups in total. The molecule has 0 bridgehead atoms. The van der Waals surface area contributed by atoms with E-state index in [0.717, 1.165) is 34.6 Å². The molecule has 0 radical (unpaired) electrons. The van der Waals surface area contributed by atoms with Crippen molar-refractivity contribution in [1.82, 2.24) is 10.5 Å². The molecule has 1 unspecified atom stereocenters. The van der Waals surface area contributed by atoms with Gasteiger partial charge in [0.05, 0.1) is 6.04 Å². The zero-order chi connectivity index (χ0) is 16.7. The number of aryl methyl sites for hydroxylation is 1. The lowest BCUT2D eigenvalue weighted by Gasteiger charge is -2.21. The fraction of sp³-hybridized carbons (Fsp3) is 0.333. The highest BCUT2D eigenvalue weighted by atomic mass is 32.1. The van der Waals surface area contributed by atoms with Gasteiger partial charge >= 0.3 is 0 Å². The molecule has 1 atom stereocenters. The van der Waals surface area contributed by atoms with E-state index < -0.39 is 0 Å². The second-order valence-corrected chi connectivity index (χ2v) is 8.29. The van der Waals surface area contributed by atoms with Crippen LogP contribution in [0.3, 0.4) is 0 Å². The van der Waals surface area contributed by atoms with Gasteiger partial charge in [-0.05, 0) is 41.7 Å². The molecule has 1 aliphatic carbocycles. The van der Waals surface area contributed by atoms with Gasteiger partial charge in [0.25, 0.3) is 5.91 Å². The first kappa shape index (κ1) is 15.6. The van der Waals surface area contributed by atoms with Crippen LogP contribution in [0.5, 0.6) is 0 Å². The summed E-state index contributed by atoms with van der Waals surface area (Å²) < 4.78 is 5.52. The molecule has 0 saturated carbocycles. The van der Waals surface area contributed by atoms with Gasteiger partial charge in [-0.3, -0.25) is 4.79 Å². The van der Waals surface area contributed by atoms with Crippen molar-refractivity contribution in [2.75, 3.05) is 0 Å². The molecule has 1 amide bonds. The summed E-state index contributed by atoms with van der Waals surface area (Å²) in [6.07, 6.45) is 1.75. The van der Waals surface area contributed by atoms with E-state index in [9.17, 15) is 4.79 Å². The third-order valence-corrected chi connectivity index (χ3v) is 6.33. The monoisotopic (exact) mass is 358 g/mol. The van der Waals surface area contributed by atoms with Gasteiger partial charge < -0.3 is 9.84 Å². The van der Waals surface area contributed by atoms with Crippen LogP contribution in [0.1, 0.15) is 45.7 Å². The summed E-state index contributed by atoms with van der Waals surface area (Å²) in [6.45, 7) is 4.22. The Labute approximate surface area is 148 Å². The Bertz CT molecular complexity index is 862. The maximum absolute atomic E-state index is 12.8. The number of amides is 1. The quantitative estimate of drug-likeness (QED) is 0.736. The first-order valence-electron chi connectivity index (χ1n) is 8.04. The molecule has 3 aromatic rings. The van der Waals surface area contributed by atoms with Gasteiger partial charge in [-0.25, -0.2) is 0 Å². The van der Waals surface area contributed by atoms with E-state index in [0.29, 0.717) is 11.6 Å². The number of nitrogens with one attached hydrogen (secondary N) is 1. The van der Waals surface area contributed by atoms with Crippen LogP contribution in [0.15, 0.2) is 33.5 Å². The van der Waals surface area contributed by atoms with Crippen LogP contribution >= 0.6 is 22.7 Å². The van der Waals surface area contributed by atoms with Gasteiger partial charge in [0.1, 0.15) is 0 Å². The molecule has 24 heavy (non-hydrogen) atoms. The second-order valence-electron chi connectivity index (χ2n) is 6.31. The van der Waals surface area contributed by atoms with Crippen molar-refractivity contribution in [3.05, 3.63) is 50.0 Å².